The van der Waals surface area contributed by atoms with Gasteiger partial charge in [0, 0.05) is 31.4 Å². The number of rotatable bonds is 7. The van der Waals surface area contributed by atoms with E-state index < -0.39 is 0 Å². The van der Waals surface area contributed by atoms with Crippen LogP contribution in [0.4, 0.5) is 0 Å². The predicted molar refractivity (Wildman–Crippen MR) is 74.7 cm³/mol. The lowest BCUT2D eigenvalue weighted by atomic mass is 10.1. The van der Waals surface area contributed by atoms with E-state index >= 15 is 0 Å². The Kier molecular flexibility index (Phi) is 5.82. The van der Waals surface area contributed by atoms with Crippen LogP contribution in [0.3, 0.4) is 0 Å². The van der Waals surface area contributed by atoms with E-state index in [4.69, 9.17) is 4.74 Å². The molecule has 0 fully saturated rings. The average Bonchev–Trinajstić information content (AvgIpc) is 2.62. The number of ether oxygens (including phenoxy) is 1. The van der Waals surface area contributed by atoms with Gasteiger partial charge in [-0.25, -0.2) is 4.98 Å². The molecule has 4 heteroatoms. The molecule has 1 aromatic heterocycles. The minimum atomic E-state index is 0.127. The SMILES string of the molecule is CCCOCCn1c(CNC(C)(C)C)cnc1C. The van der Waals surface area contributed by atoms with E-state index in [0.29, 0.717) is 0 Å². The lowest BCUT2D eigenvalue weighted by Gasteiger charge is -2.21. The summed E-state index contributed by atoms with van der Waals surface area (Å²) < 4.78 is 7.77. The van der Waals surface area contributed by atoms with Gasteiger partial charge in [0.2, 0.25) is 0 Å². The van der Waals surface area contributed by atoms with Gasteiger partial charge >= 0.3 is 0 Å². The Balaban J connectivity index is 2.52. The largest absolute Gasteiger partial charge is 0.380 e. The van der Waals surface area contributed by atoms with Crippen LogP contribution < -0.4 is 5.32 Å². The van der Waals surface area contributed by atoms with E-state index in [0.717, 1.165) is 38.5 Å². The van der Waals surface area contributed by atoms with Gasteiger partial charge in [-0.1, -0.05) is 6.92 Å². The fourth-order valence-corrected chi connectivity index (χ4v) is 1.72. The summed E-state index contributed by atoms with van der Waals surface area (Å²) in [5.74, 6) is 1.06. The Morgan fingerprint density at radius 2 is 2.06 bits per heavy atom. The summed E-state index contributed by atoms with van der Waals surface area (Å²) in [6.07, 6.45) is 3.02. The molecule has 1 heterocycles. The van der Waals surface area contributed by atoms with Crippen molar-refractivity contribution in [1.29, 1.82) is 0 Å². The van der Waals surface area contributed by atoms with Crippen molar-refractivity contribution in [3.05, 3.63) is 17.7 Å². The third-order valence-electron chi connectivity index (χ3n) is 2.75. The molecule has 0 aromatic carbocycles. The second-order valence-corrected chi connectivity index (χ2v) is 5.66. The van der Waals surface area contributed by atoms with Crippen LogP contribution in [0.25, 0.3) is 0 Å². The first-order valence-corrected chi connectivity index (χ1v) is 6.78. The Hall–Kier alpha value is -0.870. The second-order valence-electron chi connectivity index (χ2n) is 5.66. The smallest absolute Gasteiger partial charge is 0.105 e. The molecule has 0 aliphatic carbocycles. The number of aryl methyl sites for hydroxylation is 1. The Labute approximate surface area is 111 Å². The normalized spacial score (nSPS) is 12.1. The number of hydrogen-bond donors (Lipinski definition) is 1. The minimum absolute atomic E-state index is 0.127. The zero-order chi connectivity index (χ0) is 13.6. The maximum Gasteiger partial charge on any atom is 0.105 e. The van der Waals surface area contributed by atoms with Crippen LogP contribution >= 0.6 is 0 Å². The summed E-state index contributed by atoms with van der Waals surface area (Å²) >= 11 is 0. The second kappa shape index (κ2) is 6.90. The third kappa shape index (κ3) is 5.19. The molecule has 18 heavy (non-hydrogen) atoms. The van der Waals surface area contributed by atoms with Crippen molar-refractivity contribution >= 4 is 0 Å². The van der Waals surface area contributed by atoms with Crippen LogP contribution in [0, 0.1) is 6.92 Å². The van der Waals surface area contributed by atoms with Crippen molar-refractivity contribution in [2.75, 3.05) is 13.2 Å². The van der Waals surface area contributed by atoms with Gasteiger partial charge in [0.1, 0.15) is 5.82 Å². The van der Waals surface area contributed by atoms with E-state index in [-0.39, 0.29) is 5.54 Å². The molecule has 0 aliphatic rings. The number of nitrogens with zero attached hydrogens (tertiary/aromatic N) is 2. The monoisotopic (exact) mass is 253 g/mol. The van der Waals surface area contributed by atoms with Gasteiger partial charge in [-0.15, -0.1) is 0 Å². The molecule has 104 valence electrons. The van der Waals surface area contributed by atoms with Crippen LogP contribution in [0.15, 0.2) is 6.20 Å². The van der Waals surface area contributed by atoms with Crippen molar-refractivity contribution in [2.24, 2.45) is 0 Å². The number of hydrogen-bond acceptors (Lipinski definition) is 3. The van der Waals surface area contributed by atoms with Crippen molar-refractivity contribution in [2.45, 2.75) is 59.7 Å². The van der Waals surface area contributed by atoms with E-state index in [1.165, 1.54) is 5.69 Å². The van der Waals surface area contributed by atoms with Crippen molar-refractivity contribution in [1.82, 2.24) is 14.9 Å². The van der Waals surface area contributed by atoms with Crippen LogP contribution in [0.2, 0.25) is 0 Å². The number of imidazole rings is 1. The molecule has 1 aromatic rings. The molecular formula is C14H27N3O. The summed E-state index contributed by atoms with van der Waals surface area (Å²) in [6, 6.07) is 0. The van der Waals surface area contributed by atoms with Crippen LogP contribution in [-0.4, -0.2) is 28.3 Å². The topological polar surface area (TPSA) is 39.1 Å². The highest BCUT2D eigenvalue weighted by atomic mass is 16.5. The molecular weight excluding hydrogens is 226 g/mol. The van der Waals surface area contributed by atoms with Gasteiger partial charge in [-0.05, 0) is 34.1 Å². The van der Waals surface area contributed by atoms with Gasteiger partial charge in [-0.2, -0.15) is 0 Å². The Bertz CT molecular complexity index is 352. The standard InChI is InChI=1S/C14H27N3O/c1-6-8-18-9-7-17-12(2)15-10-13(17)11-16-14(3,4)5/h10,16H,6-9,11H2,1-5H3. The summed E-state index contributed by atoms with van der Waals surface area (Å²) in [7, 11) is 0. The molecule has 0 saturated heterocycles. The molecule has 4 nitrogen and oxygen atoms in total. The molecule has 0 radical (unpaired) electrons. The lowest BCUT2D eigenvalue weighted by molar-refractivity contribution is 0.125. The molecule has 0 unspecified atom stereocenters. The molecule has 0 bridgehead atoms. The predicted octanol–water partition coefficient (Wildman–Crippen LogP) is 2.51. The highest BCUT2D eigenvalue weighted by Gasteiger charge is 2.11. The van der Waals surface area contributed by atoms with Crippen LogP contribution in [0.5, 0.6) is 0 Å². The maximum atomic E-state index is 5.54. The van der Waals surface area contributed by atoms with Gasteiger partial charge in [-0.3, -0.25) is 0 Å². The highest BCUT2D eigenvalue weighted by molar-refractivity contribution is 5.04. The molecule has 1 N–H and O–H groups in total. The quantitative estimate of drug-likeness (QED) is 0.759. The molecule has 0 aliphatic heterocycles. The summed E-state index contributed by atoms with van der Waals surface area (Å²) in [5, 5.41) is 3.49. The summed E-state index contributed by atoms with van der Waals surface area (Å²) in [5.41, 5.74) is 1.35. The number of aromatic nitrogens is 2. The first kappa shape index (κ1) is 15.2. The van der Waals surface area contributed by atoms with Crippen LogP contribution in [0.1, 0.15) is 45.6 Å². The summed E-state index contributed by atoms with van der Waals surface area (Å²) in [6.45, 7) is 14.0. The molecule has 0 saturated carbocycles. The first-order valence-electron chi connectivity index (χ1n) is 6.78. The van der Waals surface area contributed by atoms with E-state index in [1.54, 1.807) is 0 Å². The zero-order valence-electron chi connectivity index (χ0n) is 12.4. The zero-order valence-corrected chi connectivity index (χ0v) is 12.4. The average molecular weight is 253 g/mol. The number of nitrogens with one attached hydrogen (secondary N) is 1. The Morgan fingerprint density at radius 3 is 2.67 bits per heavy atom. The Morgan fingerprint density at radius 1 is 1.33 bits per heavy atom. The maximum absolute atomic E-state index is 5.54. The van der Waals surface area contributed by atoms with Gasteiger partial charge in [0.05, 0.1) is 12.3 Å². The van der Waals surface area contributed by atoms with E-state index in [1.807, 2.05) is 13.1 Å². The van der Waals surface area contributed by atoms with Crippen molar-refractivity contribution in [3.63, 3.8) is 0 Å². The summed E-state index contributed by atoms with van der Waals surface area (Å²) in [4.78, 5) is 4.38. The fraction of sp³-hybridized carbons (Fsp3) is 0.786. The molecule has 1 rings (SSSR count). The highest BCUT2D eigenvalue weighted by Crippen LogP contribution is 2.07. The van der Waals surface area contributed by atoms with E-state index in [9.17, 15) is 0 Å². The van der Waals surface area contributed by atoms with Crippen molar-refractivity contribution in [3.8, 4) is 0 Å². The van der Waals surface area contributed by atoms with Gasteiger partial charge in [0.15, 0.2) is 0 Å². The lowest BCUT2D eigenvalue weighted by Crippen LogP contribution is -2.35. The first-order chi connectivity index (χ1) is 8.44. The molecule has 0 amide bonds. The van der Waals surface area contributed by atoms with Gasteiger partial charge in [0.25, 0.3) is 0 Å². The van der Waals surface area contributed by atoms with Gasteiger partial charge < -0.3 is 14.6 Å². The van der Waals surface area contributed by atoms with Crippen LogP contribution in [-0.2, 0) is 17.8 Å². The minimum Gasteiger partial charge on any atom is -0.380 e. The molecule has 0 spiro atoms. The van der Waals surface area contributed by atoms with E-state index in [2.05, 4.69) is 42.6 Å². The molecule has 0 atom stereocenters. The fourth-order valence-electron chi connectivity index (χ4n) is 1.72. The third-order valence-corrected chi connectivity index (χ3v) is 2.75. The van der Waals surface area contributed by atoms with Crippen molar-refractivity contribution < 1.29 is 4.74 Å².